The van der Waals surface area contributed by atoms with Crippen LogP contribution in [-0.2, 0) is 0 Å². The van der Waals surface area contributed by atoms with Gasteiger partial charge in [-0.15, -0.1) is 12.4 Å². The highest BCUT2D eigenvalue weighted by Gasteiger charge is 2.13. The number of nitrogens with two attached hydrogens (primary N) is 1. The first-order valence-corrected chi connectivity index (χ1v) is 5.99. The summed E-state index contributed by atoms with van der Waals surface area (Å²) in [4.78, 5) is 10.9. The van der Waals surface area contributed by atoms with Crippen molar-refractivity contribution in [2.45, 2.75) is 12.8 Å². The number of hydrogen-bond acceptors (Lipinski definition) is 3. The van der Waals surface area contributed by atoms with Gasteiger partial charge in [0.15, 0.2) is 0 Å². The third kappa shape index (κ3) is 4.20. The summed E-state index contributed by atoms with van der Waals surface area (Å²) in [5.74, 6) is 1.02. The second-order valence-corrected chi connectivity index (χ2v) is 4.39. The van der Waals surface area contributed by atoms with Crippen molar-refractivity contribution in [3.05, 3.63) is 29.8 Å². The molecule has 4 nitrogen and oxygen atoms in total. The minimum Gasteiger partial charge on any atom is -0.493 e. The van der Waals surface area contributed by atoms with Gasteiger partial charge in [0.05, 0.1) is 6.61 Å². The van der Waals surface area contributed by atoms with E-state index in [-0.39, 0.29) is 12.4 Å². The Labute approximate surface area is 113 Å². The number of amides is 1. The molecule has 3 N–H and O–H groups in total. The number of halogens is 1. The molecule has 0 saturated carbocycles. The molecule has 0 atom stereocenters. The van der Waals surface area contributed by atoms with E-state index in [0.29, 0.717) is 11.5 Å². The maximum atomic E-state index is 10.9. The molecule has 0 bridgehead atoms. The Bertz CT molecular complexity index is 375. The van der Waals surface area contributed by atoms with E-state index in [0.717, 1.165) is 25.4 Å². The van der Waals surface area contributed by atoms with Crippen LogP contribution in [0.15, 0.2) is 24.3 Å². The van der Waals surface area contributed by atoms with Crippen LogP contribution in [0, 0.1) is 5.92 Å². The van der Waals surface area contributed by atoms with Crippen molar-refractivity contribution in [1.82, 2.24) is 5.32 Å². The van der Waals surface area contributed by atoms with Crippen LogP contribution in [0.5, 0.6) is 5.75 Å². The molecule has 0 aliphatic carbocycles. The van der Waals surface area contributed by atoms with Crippen molar-refractivity contribution >= 4 is 18.3 Å². The molecule has 1 aromatic carbocycles. The Hall–Kier alpha value is -1.26. The molecule has 1 aliphatic rings. The lowest BCUT2D eigenvalue weighted by atomic mass is 9.99. The SMILES string of the molecule is Cl.NC(=O)c1ccc(OCC2CCNCC2)cc1. The Morgan fingerprint density at radius 1 is 1.28 bits per heavy atom. The molecule has 1 aliphatic heterocycles. The molecule has 1 aromatic rings. The third-order valence-electron chi connectivity index (χ3n) is 3.08. The van der Waals surface area contributed by atoms with E-state index in [1.165, 1.54) is 12.8 Å². The van der Waals surface area contributed by atoms with Crippen LogP contribution in [0.1, 0.15) is 23.2 Å². The highest BCUT2D eigenvalue weighted by molar-refractivity contribution is 5.92. The summed E-state index contributed by atoms with van der Waals surface area (Å²) in [7, 11) is 0. The van der Waals surface area contributed by atoms with E-state index in [9.17, 15) is 4.79 Å². The fraction of sp³-hybridized carbons (Fsp3) is 0.462. The lowest BCUT2D eigenvalue weighted by Crippen LogP contribution is -2.30. The minimum absolute atomic E-state index is 0. The van der Waals surface area contributed by atoms with Gasteiger partial charge < -0.3 is 15.8 Å². The highest BCUT2D eigenvalue weighted by Crippen LogP contribution is 2.16. The van der Waals surface area contributed by atoms with E-state index < -0.39 is 5.91 Å². The lowest BCUT2D eigenvalue weighted by Gasteiger charge is -2.22. The summed E-state index contributed by atoms with van der Waals surface area (Å²) in [6.45, 7) is 2.90. The van der Waals surface area contributed by atoms with Gasteiger partial charge in [0.2, 0.25) is 5.91 Å². The van der Waals surface area contributed by atoms with Crippen molar-refractivity contribution in [3.8, 4) is 5.75 Å². The molecule has 18 heavy (non-hydrogen) atoms. The van der Waals surface area contributed by atoms with Crippen molar-refractivity contribution in [3.63, 3.8) is 0 Å². The summed E-state index contributed by atoms with van der Waals surface area (Å²) in [6, 6.07) is 6.97. The molecule has 1 amide bonds. The van der Waals surface area contributed by atoms with Crippen molar-refractivity contribution < 1.29 is 9.53 Å². The summed E-state index contributed by atoms with van der Waals surface area (Å²) < 4.78 is 5.70. The van der Waals surface area contributed by atoms with Crippen LogP contribution >= 0.6 is 12.4 Å². The van der Waals surface area contributed by atoms with Crippen molar-refractivity contribution in [1.29, 1.82) is 0 Å². The number of hydrogen-bond donors (Lipinski definition) is 2. The number of carbonyl (C=O) groups excluding carboxylic acids is 1. The molecule has 0 unspecified atom stereocenters. The topological polar surface area (TPSA) is 64.4 Å². The van der Waals surface area contributed by atoms with Gasteiger partial charge in [-0.2, -0.15) is 0 Å². The molecular formula is C13H19ClN2O2. The number of carbonyl (C=O) groups is 1. The first-order chi connectivity index (χ1) is 8.25. The normalized spacial score (nSPS) is 15.8. The monoisotopic (exact) mass is 270 g/mol. The number of rotatable bonds is 4. The van der Waals surface area contributed by atoms with Crippen molar-refractivity contribution in [2.24, 2.45) is 11.7 Å². The summed E-state index contributed by atoms with van der Waals surface area (Å²) in [5.41, 5.74) is 5.68. The van der Waals surface area contributed by atoms with Gasteiger partial charge in [-0.25, -0.2) is 0 Å². The van der Waals surface area contributed by atoms with E-state index in [1.807, 2.05) is 0 Å². The van der Waals surface area contributed by atoms with Gasteiger partial charge in [0.1, 0.15) is 5.75 Å². The second kappa shape index (κ2) is 7.24. The Balaban J connectivity index is 0.00000162. The smallest absolute Gasteiger partial charge is 0.248 e. The van der Waals surface area contributed by atoms with Gasteiger partial charge >= 0.3 is 0 Å². The van der Waals surface area contributed by atoms with Gasteiger partial charge in [0.25, 0.3) is 0 Å². The molecule has 2 rings (SSSR count). The largest absolute Gasteiger partial charge is 0.493 e. The van der Waals surface area contributed by atoms with Crippen LogP contribution in [0.3, 0.4) is 0 Å². The minimum atomic E-state index is -0.407. The maximum Gasteiger partial charge on any atom is 0.248 e. The quantitative estimate of drug-likeness (QED) is 0.873. The molecule has 1 heterocycles. The zero-order valence-corrected chi connectivity index (χ0v) is 11.0. The van der Waals surface area contributed by atoms with Crippen molar-refractivity contribution in [2.75, 3.05) is 19.7 Å². The maximum absolute atomic E-state index is 10.9. The van der Waals surface area contributed by atoms with E-state index in [4.69, 9.17) is 10.5 Å². The van der Waals surface area contributed by atoms with Gasteiger partial charge in [-0.1, -0.05) is 0 Å². The summed E-state index contributed by atoms with van der Waals surface area (Å²) in [6.07, 6.45) is 2.33. The Morgan fingerprint density at radius 3 is 2.44 bits per heavy atom. The number of piperidine rings is 1. The predicted octanol–water partition coefficient (Wildman–Crippen LogP) is 1.59. The summed E-state index contributed by atoms with van der Waals surface area (Å²) >= 11 is 0. The number of nitrogens with one attached hydrogen (secondary N) is 1. The molecule has 1 saturated heterocycles. The molecule has 5 heteroatoms. The molecule has 0 aromatic heterocycles. The zero-order chi connectivity index (χ0) is 12.1. The summed E-state index contributed by atoms with van der Waals surface area (Å²) in [5, 5.41) is 3.33. The van der Waals surface area contributed by atoms with E-state index >= 15 is 0 Å². The van der Waals surface area contributed by atoms with Gasteiger partial charge in [-0.3, -0.25) is 4.79 Å². The fourth-order valence-electron chi connectivity index (χ4n) is 1.98. The lowest BCUT2D eigenvalue weighted by molar-refractivity contribution is 0.1000. The van der Waals surface area contributed by atoms with Crippen LogP contribution in [0.4, 0.5) is 0 Å². The van der Waals surface area contributed by atoms with Gasteiger partial charge in [-0.05, 0) is 56.1 Å². The Morgan fingerprint density at radius 2 is 1.89 bits per heavy atom. The highest BCUT2D eigenvalue weighted by atomic mass is 35.5. The van der Waals surface area contributed by atoms with Crippen LogP contribution in [-0.4, -0.2) is 25.6 Å². The molecule has 1 fully saturated rings. The molecular weight excluding hydrogens is 252 g/mol. The first kappa shape index (κ1) is 14.8. The zero-order valence-electron chi connectivity index (χ0n) is 10.2. The average molecular weight is 271 g/mol. The molecule has 0 spiro atoms. The van der Waals surface area contributed by atoms with Gasteiger partial charge in [0, 0.05) is 5.56 Å². The fourth-order valence-corrected chi connectivity index (χ4v) is 1.98. The van der Waals surface area contributed by atoms with E-state index in [1.54, 1.807) is 24.3 Å². The van der Waals surface area contributed by atoms with Crippen LogP contribution < -0.4 is 15.8 Å². The molecule has 0 radical (unpaired) electrons. The van der Waals surface area contributed by atoms with Crippen LogP contribution in [0.25, 0.3) is 0 Å². The Kier molecular flexibility index (Phi) is 5.95. The number of benzene rings is 1. The average Bonchev–Trinajstić information content (AvgIpc) is 2.38. The van der Waals surface area contributed by atoms with E-state index in [2.05, 4.69) is 5.32 Å². The number of primary amides is 1. The van der Waals surface area contributed by atoms with Crippen LogP contribution in [0.2, 0.25) is 0 Å². The predicted molar refractivity (Wildman–Crippen MR) is 73.3 cm³/mol. The first-order valence-electron chi connectivity index (χ1n) is 5.99. The molecule has 100 valence electrons. The number of ether oxygens (including phenoxy) is 1. The third-order valence-corrected chi connectivity index (χ3v) is 3.08. The second-order valence-electron chi connectivity index (χ2n) is 4.39. The standard InChI is InChI=1S/C13H18N2O2.ClH/c14-13(16)11-1-3-12(4-2-11)17-9-10-5-7-15-8-6-10;/h1-4,10,15H,5-9H2,(H2,14,16);1H.